The van der Waals surface area contributed by atoms with E-state index in [2.05, 4.69) is 21.3 Å². The highest BCUT2D eigenvalue weighted by Crippen LogP contribution is 2.32. The number of aliphatic hydroxyl groups excluding tert-OH is 1. The average Bonchev–Trinajstić information content (AvgIpc) is 3.27. The molecule has 4 N–H and O–H groups in total. The van der Waals surface area contributed by atoms with Gasteiger partial charge in [0.25, 0.3) is 5.91 Å². The number of nitrogen functional groups attached to an aromatic ring is 1. The fourth-order valence-corrected chi connectivity index (χ4v) is 3.76. The van der Waals surface area contributed by atoms with Crippen LogP contribution in [0.4, 0.5) is 0 Å². The number of β-amino-alcohol motifs (C(OH)–C–C–N with tert-alkyl or cyclic N) is 1. The molecule has 4 rings (SSSR count). The van der Waals surface area contributed by atoms with Gasteiger partial charge >= 0.3 is 0 Å². The summed E-state index contributed by atoms with van der Waals surface area (Å²) < 4.78 is 16.5. The maximum Gasteiger partial charge on any atom is 0.265 e. The predicted octanol–water partition coefficient (Wildman–Crippen LogP) is 0.576. The van der Waals surface area contributed by atoms with Gasteiger partial charge < -0.3 is 19.3 Å². The Morgan fingerprint density at radius 3 is 2.52 bits per heavy atom. The van der Waals surface area contributed by atoms with E-state index in [9.17, 15) is 9.90 Å². The van der Waals surface area contributed by atoms with Crippen LogP contribution in [0, 0.1) is 0 Å². The molecule has 0 bridgehead atoms. The van der Waals surface area contributed by atoms with E-state index >= 15 is 0 Å². The first-order chi connectivity index (χ1) is 15.1. The Hall–Kier alpha value is -2.85. The molecule has 0 aromatic heterocycles. The van der Waals surface area contributed by atoms with Crippen molar-refractivity contribution in [2.24, 2.45) is 5.84 Å². The van der Waals surface area contributed by atoms with Gasteiger partial charge in [-0.15, -0.1) is 0 Å². The molecule has 31 heavy (non-hydrogen) atoms. The van der Waals surface area contributed by atoms with Crippen LogP contribution in [0.2, 0.25) is 0 Å². The molecule has 2 aliphatic rings. The van der Waals surface area contributed by atoms with Gasteiger partial charge in [-0.2, -0.15) is 0 Å². The highest BCUT2D eigenvalue weighted by molar-refractivity contribution is 5.93. The van der Waals surface area contributed by atoms with E-state index in [0.29, 0.717) is 24.7 Å². The number of fused-ring (bicyclic) bond motifs is 1. The van der Waals surface area contributed by atoms with Crippen molar-refractivity contribution in [1.29, 1.82) is 0 Å². The summed E-state index contributed by atoms with van der Waals surface area (Å²) in [7, 11) is 0. The molecule has 1 saturated heterocycles. The molecule has 2 aromatic carbocycles. The van der Waals surface area contributed by atoms with Crippen molar-refractivity contribution in [2.45, 2.75) is 12.6 Å². The second kappa shape index (κ2) is 9.97. The lowest BCUT2D eigenvalue weighted by molar-refractivity contribution is 0.0446. The summed E-state index contributed by atoms with van der Waals surface area (Å²) in [4.78, 5) is 16.1. The number of nitrogens with zero attached hydrogens (tertiary/aromatic N) is 2. The number of nitrogens with two attached hydrogens (primary N) is 1. The number of carbonyl (C=O) groups excluding carboxylic acids is 1. The first-order valence-electron chi connectivity index (χ1n) is 10.4. The third kappa shape index (κ3) is 5.65. The van der Waals surface area contributed by atoms with E-state index in [1.54, 1.807) is 24.3 Å². The number of aliphatic hydroxyl groups is 1. The van der Waals surface area contributed by atoms with Crippen LogP contribution in [-0.4, -0.2) is 73.0 Å². The van der Waals surface area contributed by atoms with E-state index in [1.807, 2.05) is 12.1 Å². The zero-order valence-electron chi connectivity index (χ0n) is 17.3. The van der Waals surface area contributed by atoms with Crippen molar-refractivity contribution in [3.8, 4) is 17.2 Å². The summed E-state index contributed by atoms with van der Waals surface area (Å²) >= 11 is 0. The quantitative estimate of drug-likeness (QED) is 0.318. The molecule has 1 atom stereocenters. The number of piperazine rings is 1. The molecule has 0 radical (unpaired) electrons. The lowest BCUT2D eigenvalue weighted by Gasteiger charge is -2.35. The van der Waals surface area contributed by atoms with Crippen molar-refractivity contribution in [2.75, 3.05) is 46.1 Å². The largest absolute Gasteiger partial charge is 0.491 e. The second-order valence-corrected chi connectivity index (χ2v) is 7.73. The number of rotatable bonds is 8. The Balaban J connectivity index is 1.17. The molecule has 1 fully saturated rings. The third-order valence-electron chi connectivity index (χ3n) is 5.47. The minimum atomic E-state index is -0.590. The van der Waals surface area contributed by atoms with Crippen molar-refractivity contribution in [3.63, 3.8) is 0 Å². The zero-order valence-corrected chi connectivity index (χ0v) is 17.3. The fraction of sp³-hybridized carbons (Fsp3) is 0.409. The Morgan fingerprint density at radius 1 is 1.06 bits per heavy atom. The Bertz CT molecular complexity index is 884. The lowest BCUT2D eigenvalue weighted by Crippen LogP contribution is -2.48. The van der Waals surface area contributed by atoms with Crippen LogP contribution in [0.5, 0.6) is 17.2 Å². The Kier molecular flexibility index (Phi) is 6.88. The van der Waals surface area contributed by atoms with Gasteiger partial charge in [-0.05, 0) is 42.0 Å². The molecule has 2 heterocycles. The molecule has 166 valence electrons. The lowest BCUT2D eigenvalue weighted by atomic mass is 10.1. The molecular weight excluding hydrogens is 400 g/mol. The zero-order chi connectivity index (χ0) is 21.6. The summed E-state index contributed by atoms with van der Waals surface area (Å²) in [6.07, 6.45) is -0.590. The standard InChI is InChI=1S/C22H28N4O5/c23-24-22(28)17-2-4-19(5-3-17)29-14-18(27)13-26-9-7-25(8-10-26)12-16-1-6-20-21(11-16)31-15-30-20/h1-6,11,18,27H,7-10,12-15,23H2,(H,24,28)/t18-/m1/s1. The van der Waals surface area contributed by atoms with Gasteiger partial charge in [0.2, 0.25) is 6.79 Å². The van der Waals surface area contributed by atoms with E-state index < -0.39 is 6.10 Å². The smallest absolute Gasteiger partial charge is 0.265 e. The first kappa shape index (κ1) is 21.4. The molecule has 0 spiro atoms. The highest BCUT2D eigenvalue weighted by atomic mass is 16.7. The van der Waals surface area contributed by atoms with Crippen LogP contribution in [0.1, 0.15) is 15.9 Å². The van der Waals surface area contributed by atoms with Crippen molar-refractivity contribution < 1.29 is 24.1 Å². The van der Waals surface area contributed by atoms with Gasteiger partial charge in [0.1, 0.15) is 18.5 Å². The molecule has 0 unspecified atom stereocenters. The number of carbonyl (C=O) groups is 1. The van der Waals surface area contributed by atoms with Crippen LogP contribution in [0.3, 0.4) is 0 Å². The fourth-order valence-electron chi connectivity index (χ4n) is 3.76. The number of hydrogen-bond acceptors (Lipinski definition) is 8. The molecule has 2 aliphatic heterocycles. The van der Waals surface area contributed by atoms with Crippen LogP contribution < -0.4 is 25.5 Å². The van der Waals surface area contributed by atoms with E-state index in [1.165, 1.54) is 5.56 Å². The summed E-state index contributed by atoms with van der Waals surface area (Å²) in [5.41, 5.74) is 3.75. The van der Waals surface area contributed by atoms with Gasteiger partial charge in [0.05, 0.1) is 0 Å². The van der Waals surface area contributed by atoms with Crippen LogP contribution in [0.25, 0.3) is 0 Å². The number of benzene rings is 2. The molecular formula is C22H28N4O5. The van der Waals surface area contributed by atoms with Gasteiger partial charge in [-0.25, -0.2) is 5.84 Å². The summed E-state index contributed by atoms with van der Waals surface area (Å²) in [5, 5.41) is 10.3. The van der Waals surface area contributed by atoms with E-state index in [4.69, 9.17) is 20.1 Å². The Labute approximate surface area is 181 Å². The molecule has 9 nitrogen and oxygen atoms in total. The molecule has 0 saturated carbocycles. The SMILES string of the molecule is NNC(=O)c1ccc(OC[C@H](O)CN2CCN(Cc3ccc4c(c3)OCO4)CC2)cc1. The summed E-state index contributed by atoms with van der Waals surface area (Å²) in [5.74, 6) is 6.98. The first-order valence-corrected chi connectivity index (χ1v) is 10.4. The van der Waals surface area contributed by atoms with Crippen LogP contribution in [-0.2, 0) is 6.54 Å². The van der Waals surface area contributed by atoms with Gasteiger partial charge in [-0.1, -0.05) is 6.07 Å². The minimum absolute atomic E-state index is 0.194. The maximum absolute atomic E-state index is 11.4. The summed E-state index contributed by atoms with van der Waals surface area (Å²) in [6, 6.07) is 12.7. The second-order valence-electron chi connectivity index (χ2n) is 7.73. The van der Waals surface area contributed by atoms with Crippen LogP contribution >= 0.6 is 0 Å². The number of amides is 1. The van der Waals surface area contributed by atoms with E-state index in [0.717, 1.165) is 44.2 Å². The van der Waals surface area contributed by atoms with E-state index in [-0.39, 0.29) is 12.5 Å². The number of ether oxygens (including phenoxy) is 3. The third-order valence-corrected chi connectivity index (χ3v) is 5.47. The molecule has 0 aliphatic carbocycles. The minimum Gasteiger partial charge on any atom is -0.491 e. The number of hydrogen-bond donors (Lipinski definition) is 3. The van der Waals surface area contributed by atoms with Crippen molar-refractivity contribution in [3.05, 3.63) is 53.6 Å². The normalized spacial score (nSPS) is 17.4. The van der Waals surface area contributed by atoms with Gasteiger partial charge in [0.15, 0.2) is 11.5 Å². The summed E-state index contributed by atoms with van der Waals surface area (Å²) in [6.45, 7) is 5.58. The Morgan fingerprint density at radius 2 is 1.77 bits per heavy atom. The highest BCUT2D eigenvalue weighted by Gasteiger charge is 2.21. The predicted molar refractivity (Wildman–Crippen MR) is 114 cm³/mol. The topological polar surface area (TPSA) is 110 Å². The number of nitrogens with one attached hydrogen (secondary N) is 1. The van der Waals surface area contributed by atoms with Crippen molar-refractivity contribution >= 4 is 5.91 Å². The van der Waals surface area contributed by atoms with Gasteiger partial charge in [0, 0.05) is 44.8 Å². The van der Waals surface area contributed by atoms with Crippen LogP contribution in [0.15, 0.2) is 42.5 Å². The number of hydrazine groups is 1. The monoisotopic (exact) mass is 428 g/mol. The molecule has 2 aromatic rings. The average molecular weight is 428 g/mol. The van der Waals surface area contributed by atoms with Crippen molar-refractivity contribution in [1.82, 2.24) is 15.2 Å². The maximum atomic E-state index is 11.4. The molecule has 1 amide bonds. The van der Waals surface area contributed by atoms with Gasteiger partial charge in [-0.3, -0.25) is 20.0 Å². The molecule has 9 heteroatoms.